The smallest absolute Gasteiger partial charge is 0.270 e. The van der Waals surface area contributed by atoms with E-state index in [1.807, 2.05) is 54.6 Å². The van der Waals surface area contributed by atoms with Gasteiger partial charge in [0, 0.05) is 11.9 Å². The average Bonchev–Trinajstić information content (AvgIpc) is 2.82. The van der Waals surface area contributed by atoms with Crippen molar-refractivity contribution in [1.82, 2.24) is 15.2 Å². The molecule has 0 bridgehead atoms. The molecule has 1 aromatic heterocycles. The number of rotatable bonds is 7. The van der Waals surface area contributed by atoms with Crippen LogP contribution in [-0.2, 0) is 0 Å². The van der Waals surface area contributed by atoms with Crippen LogP contribution < -0.4 is 10.1 Å². The molecule has 1 aliphatic heterocycles. The van der Waals surface area contributed by atoms with Crippen molar-refractivity contribution < 1.29 is 9.53 Å². The van der Waals surface area contributed by atoms with E-state index in [9.17, 15) is 4.79 Å². The standard InChI is InChI=1S/C25H29N3O2/c1-30-21-12-9-20(10-13-21)23(15-18-28-16-5-2-6-17-28)27-25(29)24-14-11-19-7-3-4-8-22(19)26-24/h3-4,7-14,23H,2,5-6,15-18H2,1H3,(H,27,29). The molecule has 0 radical (unpaired) electrons. The second-order valence-corrected chi connectivity index (χ2v) is 7.88. The molecule has 1 amide bonds. The van der Waals surface area contributed by atoms with Crippen molar-refractivity contribution in [3.05, 3.63) is 71.9 Å². The lowest BCUT2D eigenvalue weighted by molar-refractivity contribution is 0.0925. The van der Waals surface area contributed by atoms with E-state index < -0.39 is 0 Å². The van der Waals surface area contributed by atoms with Crippen LogP contribution in [0.3, 0.4) is 0 Å². The first-order chi connectivity index (χ1) is 14.7. The van der Waals surface area contributed by atoms with Crippen LogP contribution in [0.1, 0.15) is 47.8 Å². The Labute approximate surface area is 178 Å². The number of methoxy groups -OCH3 is 1. The van der Waals surface area contributed by atoms with Gasteiger partial charge in [-0.15, -0.1) is 0 Å². The molecule has 1 atom stereocenters. The number of hydrogen-bond acceptors (Lipinski definition) is 4. The molecule has 156 valence electrons. The van der Waals surface area contributed by atoms with E-state index in [2.05, 4.69) is 15.2 Å². The van der Waals surface area contributed by atoms with Crippen molar-refractivity contribution in [1.29, 1.82) is 0 Å². The molecule has 0 saturated carbocycles. The quantitative estimate of drug-likeness (QED) is 0.627. The Morgan fingerprint density at radius 3 is 2.57 bits per heavy atom. The van der Waals surface area contributed by atoms with Gasteiger partial charge in [0.2, 0.25) is 0 Å². The van der Waals surface area contributed by atoms with Crippen LogP contribution in [0.25, 0.3) is 10.9 Å². The summed E-state index contributed by atoms with van der Waals surface area (Å²) in [6, 6.07) is 19.5. The van der Waals surface area contributed by atoms with Gasteiger partial charge in [0.1, 0.15) is 11.4 Å². The minimum absolute atomic E-state index is 0.0707. The normalized spacial score (nSPS) is 15.6. The number of pyridine rings is 1. The topological polar surface area (TPSA) is 54.5 Å². The van der Waals surface area contributed by atoms with E-state index in [0.29, 0.717) is 5.69 Å². The van der Waals surface area contributed by atoms with Gasteiger partial charge in [0.15, 0.2) is 0 Å². The minimum Gasteiger partial charge on any atom is -0.497 e. The van der Waals surface area contributed by atoms with Gasteiger partial charge in [-0.2, -0.15) is 0 Å². The predicted molar refractivity (Wildman–Crippen MR) is 120 cm³/mol. The maximum atomic E-state index is 13.0. The highest BCUT2D eigenvalue weighted by Gasteiger charge is 2.19. The summed E-state index contributed by atoms with van der Waals surface area (Å²) in [6.07, 6.45) is 4.72. The van der Waals surface area contributed by atoms with Crippen LogP contribution >= 0.6 is 0 Å². The summed E-state index contributed by atoms with van der Waals surface area (Å²) < 4.78 is 5.29. The molecule has 5 nitrogen and oxygen atoms in total. The first kappa shape index (κ1) is 20.4. The van der Waals surface area contributed by atoms with E-state index in [-0.39, 0.29) is 11.9 Å². The number of benzene rings is 2. The van der Waals surface area contributed by atoms with E-state index in [0.717, 1.165) is 48.3 Å². The van der Waals surface area contributed by atoms with E-state index in [4.69, 9.17) is 4.74 Å². The molecular weight excluding hydrogens is 374 g/mol. The first-order valence-electron chi connectivity index (χ1n) is 10.8. The number of aromatic nitrogens is 1. The SMILES string of the molecule is COc1ccc(C(CCN2CCCCC2)NC(=O)c2ccc3ccccc3n2)cc1. The number of ether oxygens (including phenoxy) is 1. The number of carbonyl (C=O) groups excluding carboxylic acids is 1. The summed E-state index contributed by atoms with van der Waals surface area (Å²) in [6.45, 7) is 3.27. The Hall–Kier alpha value is -2.92. The third-order valence-corrected chi connectivity index (χ3v) is 5.84. The predicted octanol–water partition coefficient (Wildman–Crippen LogP) is 4.59. The average molecular weight is 404 g/mol. The zero-order valence-electron chi connectivity index (χ0n) is 17.5. The third kappa shape index (κ3) is 4.97. The molecule has 5 heteroatoms. The lowest BCUT2D eigenvalue weighted by Crippen LogP contribution is -2.35. The van der Waals surface area contributed by atoms with E-state index >= 15 is 0 Å². The molecule has 2 heterocycles. The van der Waals surface area contributed by atoms with Gasteiger partial charge >= 0.3 is 0 Å². The highest BCUT2D eigenvalue weighted by atomic mass is 16.5. The van der Waals surface area contributed by atoms with Crippen molar-refractivity contribution in [3.8, 4) is 5.75 Å². The number of likely N-dealkylation sites (tertiary alicyclic amines) is 1. The fourth-order valence-corrected chi connectivity index (χ4v) is 4.08. The van der Waals surface area contributed by atoms with Crippen molar-refractivity contribution in [3.63, 3.8) is 0 Å². The summed E-state index contributed by atoms with van der Waals surface area (Å²) in [5.74, 6) is 0.677. The molecule has 4 rings (SSSR count). The van der Waals surface area contributed by atoms with Crippen molar-refractivity contribution in [2.75, 3.05) is 26.7 Å². The van der Waals surface area contributed by atoms with Gasteiger partial charge in [0.05, 0.1) is 18.7 Å². The second-order valence-electron chi connectivity index (χ2n) is 7.88. The fraction of sp³-hybridized carbons (Fsp3) is 0.360. The van der Waals surface area contributed by atoms with Gasteiger partial charge in [0.25, 0.3) is 5.91 Å². The second kappa shape index (κ2) is 9.72. The zero-order chi connectivity index (χ0) is 20.8. The monoisotopic (exact) mass is 403 g/mol. The van der Waals surface area contributed by atoms with Crippen LogP contribution in [0.4, 0.5) is 0 Å². The molecule has 0 aliphatic carbocycles. The molecule has 2 aromatic carbocycles. The van der Waals surface area contributed by atoms with E-state index in [1.54, 1.807) is 13.2 Å². The van der Waals surface area contributed by atoms with Crippen LogP contribution in [-0.4, -0.2) is 42.5 Å². The minimum atomic E-state index is -0.139. The molecular formula is C25H29N3O2. The van der Waals surface area contributed by atoms with Crippen LogP contribution in [0, 0.1) is 0 Å². The largest absolute Gasteiger partial charge is 0.497 e. The van der Waals surface area contributed by atoms with E-state index in [1.165, 1.54) is 19.3 Å². The van der Waals surface area contributed by atoms with Gasteiger partial charge < -0.3 is 15.0 Å². The first-order valence-corrected chi connectivity index (χ1v) is 10.8. The number of para-hydroxylation sites is 1. The lowest BCUT2D eigenvalue weighted by Gasteiger charge is -2.28. The van der Waals surface area contributed by atoms with Crippen molar-refractivity contribution in [2.24, 2.45) is 0 Å². The summed E-state index contributed by atoms with van der Waals surface area (Å²) in [4.78, 5) is 20.1. The molecule has 1 aliphatic rings. The zero-order valence-corrected chi connectivity index (χ0v) is 17.5. The molecule has 1 unspecified atom stereocenters. The van der Waals surface area contributed by atoms with Crippen LogP contribution in [0.2, 0.25) is 0 Å². The number of hydrogen-bond donors (Lipinski definition) is 1. The summed E-state index contributed by atoms with van der Waals surface area (Å²) in [5, 5.41) is 4.26. The number of nitrogens with one attached hydrogen (secondary N) is 1. The number of carbonyl (C=O) groups is 1. The molecule has 0 spiro atoms. The fourth-order valence-electron chi connectivity index (χ4n) is 4.08. The van der Waals surface area contributed by atoms with Crippen LogP contribution in [0.15, 0.2) is 60.7 Å². The Morgan fingerprint density at radius 1 is 1.03 bits per heavy atom. The number of amides is 1. The highest BCUT2D eigenvalue weighted by Crippen LogP contribution is 2.22. The van der Waals surface area contributed by atoms with Crippen molar-refractivity contribution >= 4 is 16.8 Å². The molecule has 1 fully saturated rings. The maximum absolute atomic E-state index is 13.0. The number of fused-ring (bicyclic) bond motifs is 1. The Morgan fingerprint density at radius 2 is 1.80 bits per heavy atom. The highest BCUT2D eigenvalue weighted by molar-refractivity contribution is 5.95. The van der Waals surface area contributed by atoms with Crippen molar-refractivity contribution in [2.45, 2.75) is 31.7 Å². The Kier molecular flexibility index (Phi) is 6.60. The maximum Gasteiger partial charge on any atom is 0.270 e. The third-order valence-electron chi connectivity index (χ3n) is 5.84. The molecule has 1 N–H and O–H groups in total. The Bertz CT molecular complexity index is 981. The van der Waals surface area contributed by atoms with Gasteiger partial charge in [-0.3, -0.25) is 4.79 Å². The van der Waals surface area contributed by atoms with Crippen LogP contribution in [0.5, 0.6) is 5.75 Å². The Balaban J connectivity index is 1.51. The molecule has 30 heavy (non-hydrogen) atoms. The van der Waals surface area contributed by atoms with Gasteiger partial charge in [-0.05, 0) is 62.2 Å². The van der Waals surface area contributed by atoms with Gasteiger partial charge in [-0.25, -0.2) is 4.98 Å². The number of piperidine rings is 1. The lowest BCUT2D eigenvalue weighted by atomic mass is 10.0. The molecule has 3 aromatic rings. The summed E-state index contributed by atoms with van der Waals surface area (Å²) in [5.41, 5.74) is 2.37. The molecule has 1 saturated heterocycles. The number of nitrogens with zero attached hydrogens (tertiary/aromatic N) is 2. The summed E-state index contributed by atoms with van der Waals surface area (Å²) in [7, 11) is 1.66. The summed E-state index contributed by atoms with van der Waals surface area (Å²) >= 11 is 0. The van der Waals surface area contributed by atoms with Gasteiger partial charge in [-0.1, -0.05) is 42.8 Å².